The van der Waals surface area contributed by atoms with Crippen LogP contribution in [-0.2, 0) is 4.79 Å². The largest absolute Gasteiger partial charge is 0.323 e. The summed E-state index contributed by atoms with van der Waals surface area (Å²) in [5.74, 6) is -1.18. The Kier molecular flexibility index (Phi) is 6.50. The van der Waals surface area contributed by atoms with E-state index in [-0.39, 0.29) is 22.0 Å². The summed E-state index contributed by atoms with van der Waals surface area (Å²) in [7, 11) is 0. The minimum atomic E-state index is -0.633. The second-order valence-electron chi connectivity index (χ2n) is 6.95. The van der Waals surface area contributed by atoms with Gasteiger partial charge in [0.2, 0.25) is 5.91 Å². The number of rotatable bonds is 5. The number of aromatic nitrogens is 2. The van der Waals surface area contributed by atoms with Gasteiger partial charge in [-0.1, -0.05) is 53.2 Å². The molecule has 5 nitrogen and oxygen atoms in total. The highest BCUT2D eigenvalue weighted by molar-refractivity contribution is 7.99. The fourth-order valence-electron chi connectivity index (χ4n) is 3.06. The first-order chi connectivity index (χ1) is 15.3. The predicted molar refractivity (Wildman–Crippen MR) is 128 cm³/mol. The van der Waals surface area contributed by atoms with Gasteiger partial charge in [0.05, 0.1) is 28.0 Å². The zero-order chi connectivity index (χ0) is 22.8. The van der Waals surface area contributed by atoms with Crippen molar-refractivity contribution in [3.63, 3.8) is 0 Å². The van der Waals surface area contributed by atoms with Gasteiger partial charge in [-0.05, 0) is 55.0 Å². The molecule has 32 heavy (non-hydrogen) atoms. The number of anilines is 1. The minimum absolute atomic E-state index is 0.0224. The van der Waals surface area contributed by atoms with Crippen molar-refractivity contribution in [3.05, 3.63) is 92.4 Å². The Hall–Kier alpha value is -2.87. The number of amides is 1. The Morgan fingerprint density at radius 1 is 1.12 bits per heavy atom. The van der Waals surface area contributed by atoms with Crippen LogP contribution in [0.3, 0.4) is 0 Å². The number of halogens is 3. The standard InChI is InChI=1S/C23H16Cl2FN3O2S/c1-13-6-8-15(11-17(13)25)29-22(31)16-4-2-3-5-19(16)28-23(29)32-12-21(30)27-20-9-7-14(24)10-18(20)26/h2-11H,12H2,1H3,(H,27,30). The van der Waals surface area contributed by atoms with E-state index in [9.17, 15) is 14.0 Å². The Morgan fingerprint density at radius 2 is 1.91 bits per heavy atom. The summed E-state index contributed by atoms with van der Waals surface area (Å²) in [4.78, 5) is 30.3. The van der Waals surface area contributed by atoms with Gasteiger partial charge in [0.25, 0.3) is 5.56 Å². The molecule has 0 aliphatic rings. The third kappa shape index (κ3) is 4.65. The van der Waals surface area contributed by atoms with Gasteiger partial charge in [-0.2, -0.15) is 0 Å². The molecule has 0 saturated carbocycles. The van der Waals surface area contributed by atoms with Crippen LogP contribution in [0.4, 0.5) is 10.1 Å². The SMILES string of the molecule is Cc1ccc(-n2c(SCC(=O)Nc3ccc(Cl)cc3F)nc3ccccc3c2=O)cc1Cl. The molecule has 0 unspecified atom stereocenters. The van der Waals surface area contributed by atoms with Crippen LogP contribution in [0.25, 0.3) is 16.6 Å². The quantitative estimate of drug-likeness (QED) is 0.282. The maximum Gasteiger partial charge on any atom is 0.266 e. The van der Waals surface area contributed by atoms with E-state index >= 15 is 0 Å². The van der Waals surface area contributed by atoms with Crippen molar-refractivity contribution in [1.29, 1.82) is 0 Å². The van der Waals surface area contributed by atoms with Crippen LogP contribution in [0.2, 0.25) is 10.0 Å². The molecular weight excluding hydrogens is 472 g/mol. The van der Waals surface area contributed by atoms with Crippen molar-refractivity contribution in [1.82, 2.24) is 9.55 Å². The molecule has 0 bridgehead atoms. The number of fused-ring (bicyclic) bond motifs is 1. The van der Waals surface area contributed by atoms with Crippen LogP contribution >= 0.6 is 35.0 Å². The highest BCUT2D eigenvalue weighted by Gasteiger charge is 2.16. The van der Waals surface area contributed by atoms with Crippen LogP contribution in [0, 0.1) is 12.7 Å². The first-order valence-electron chi connectivity index (χ1n) is 9.49. The van der Waals surface area contributed by atoms with Gasteiger partial charge in [-0.15, -0.1) is 0 Å². The summed E-state index contributed by atoms with van der Waals surface area (Å²) in [5, 5.41) is 4.01. The van der Waals surface area contributed by atoms with Crippen molar-refractivity contribution < 1.29 is 9.18 Å². The second-order valence-corrected chi connectivity index (χ2v) is 8.73. The number of benzene rings is 3. The Bertz CT molecular complexity index is 1410. The van der Waals surface area contributed by atoms with Crippen molar-refractivity contribution >= 4 is 57.5 Å². The number of nitrogens with one attached hydrogen (secondary N) is 1. The normalized spacial score (nSPS) is 11.0. The number of hydrogen-bond acceptors (Lipinski definition) is 4. The van der Waals surface area contributed by atoms with Gasteiger partial charge in [-0.3, -0.25) is 14.2 Å². The third-order valence-corrected chi connectivity index (χ3v) is 6.28. The molecule has 1 amide bonds. The van der Waals surface area contributed by atoms with Gasteiger partial charge in [0, 0.05) is 10.0 Å². The predicted octanol–water partition coefficient (Wildman–Crippen LogP) is 5.87. The first kappa shape index (κ1) is 22.3. The molecule has 9 heteroatoms. The van der Waals surface area contributed by atoms with Gasteiger partial charge in [-0.25, -0.2) is 9.37 Å². The number of carbonyl (C=O) groups is 1. The van der Waals surface area contributed by atoms with Crippen LogP contribution in [0.15, 0.2) is 70.6 Å². The summed E-state index contributed by atoms with van der Waals surface area (Å²) in [5.41, 5.74) is 1.67. The van der Waals surface area contributed by atoms with Gasteiger partial charge >= 0.3 is 0 Å². The van der Waals surface area contributed by atoms with Crippen LogP contribution in [0.1, 0.15) is 5.56 Å². The lowest BCUT2D eigenvalue weighted by Gasteiger charge is -2.14. The molecule has 0 saturated heterocycles. The minimum Gasteiger partial charge on any atom is -0.323 e. The van der Waals surface area contributed by atoms with E-state index in [0.29, 0.717) is 26.8 Å². The number of thioether (sulfide) groups is 1. The number of nitrogens with zero attached hydrogens (tertiary/aromatic N) is 2. The van der Waals surface area contributed by atoms with Gasteiger partial charge < -0.3 is 5.32 Å². The third-order valence-electron chi connectivity index (χ3n) is 4.70. The lowest BCUT2D eigenvalue weighted by molar-refractivity contribution is -0.113. The van der Waals surface area contributed by atoms with Crippen molar-refractivity contribution in [2.75, 3.05) is 11.1 Å². The molecule has 0 aliphatic heterocycles. The Balaban J connectivity index is 1.68. The smallest absolute Gasteiger partial charge is 0.266 e. The average Bonchev–Trinajstić information content (AvgIpc) is 2.76. The lowest BCUT2D eigenvalue weighted by atomic mass is 10.2. The molecular formula is C23H16Cl2FN3O2S. The molecule has 0 atom stereocenters. The molecule has 1 N–H and O–H groups in total. The summed E-state index contributed by atoms with van der Waals surface area (Å²) in [6.45, 7) is 1.86. The average molecular weight is 488 g/mol. The molecule has 0 aliphatic carbocycles. The maximum atomic E-state index is 14.0. The van der Waals surface area contributed by atoms with E-state index in [1.165, 1.54) is 16.7 Å². The highest BCUT2D eigenvalue weighted by Crippen LogP contribution is 2.25. The van der Waals surface area contributed by atoms with E-state index in [0.717, 1.165) is 23.4 Å². The first-order valence-corrected chi connectivity index (χ1v) is 11.2. The van der Waals surface area contributed by atoms with Crippen LogP contribution in [0.5, 0.6) is 0 Å². The summed E-state index contributed by atoms with van der Waals surface area (Å²) in [6.07, 6.45) is 0. The highest BCUT2D eigenvalue weighted by atomic mass is 35.5. The summed E-state index contributed by atoms with van der Waals surface area (Å²) in [6, 6.07) is 16.2. The molecule has 4 aromatic rings. The van der Waals surface area contributed by atoms with E-state index in [1.807, 2.05) is 13.0 Å². The maximum absolute atomic E-state index is 14.0. The zero-order valence-corrected chi connectivity index (χ0v) is 19.1. The second kappa shape index (κ2) is 9.32. The summed E-state index contributed by atoms with van der Waals surface area (Å²) < 4.78 is 15.4. The monoisotopic (exact) mass is 487 g/mol. The number of hydrogen-bond donors (Lipinski definition) is 1. The molecule has 3 aromatic carbocycles. The van der Waals surface area contributed by atoms with Crippen LogP contribution < -0.4 is 10.9 Å². The summed E-state index contributed by atoms with van der Waals surface area (Å²) >= 11 is 13.1. The molecule has 0 fully saturated rings. The zero-order valence-electron chi connectivity index (χ0n) is 16.7. The molecule has 162 valence electrons. The number of carbonyl (C=O) groups excluding carboxylic acids is 1. The molecule has 0 spiro atoms. The topological polar surface area (TPSA) is 64.0 Å². The van der Waals surface area contributed by atoms with E-state index in [4.69, 9.17) is 23.2 Å². The van der Waals surface area contributed by atoms with Gasteiger partial charge in [0.15, 0.2) is 5.16 Å². The lowest BCUT2D eigenvalue weighted by Crippen LogP contribution is -2.23. The fraction of sp³-hybridized carbons (Fsp3) is 0.0870. The van der Waals surface area contributed by atoms with Crippen molar-refractivity contribution in [2.45, 2.75) is 12.1 Å². The molecule has 4 rings (SSSR count). The molecule has 1 aromatic heterocycles. The van der Waals surface area contributed by atoms with E-state index < -0.39 is 11.7 Å². The van der Waals surface area contributed by atoms with Crippen molar-refractivity contribution in [3.8, 4) is 5.69 Å². The van der Waals surface area contributed by atoms with Crippen molar-refractivity contribution in [2.24, 2.45) is 0 Å². The number of aryl methyl sites for hydroxylation is 1. The Morgan fingerprint density at radius 3 is 2.66 bits per heavy atom. The molecule has 1 heterocycles. The van der Waals surface area contributed by atoms with E-state index in [1.54, 1.807) is 36.4 Å². The van der Waals surface area contributed by atoms with Crippen LogP contribution in [-0.4, -0.2) is 21.2 Å². The molecule has 0 radical (unpaired) electrons. The van der Waals surface area contributed by atoms with E-state index in [2.05, 4.69) is 10.3 Å². The van der Waals surface area contributed by atoms with Gasteiger partial charge in [0.1, 0.15) is 5.82 Å². The Labute approximate surface area is 197 Å². The fourth-order valence-corrected chi connectivity index (χ4v) is 4.21. The number of para-hydroxylation sites is 1.